The molecule has 1 unspecified atom stereocenters. The molecule has 0 spiro atoms. The molecule has 1 aromatic rings. The Morgan fingerprint density at radius 2 is 2.00 bits per heavy atom. The van der Waals surface area contributed by atoms with Crippen molar-refractivity contribution in [3.05, 3.63) is 35.9 Å². The molecule has 0 aliphatic rings. The Hall–Kier alpha value is -0.900. The van der Waals surface area contributed by atoms with E-state index < -0.39 is 5.60 Å². The van der Waals surface area contributed by atoms with Crippen molar-refractivity contribution in [2.24, 2.45) is 5.73 Å². The Kier molecular flexibility index (Phi) is 5.46. The third-order valence-corrected chi connectivity index (χ3v) is 2.63. The molecule has 0 bridgehead atoms. The first-order valence-electron chi connectivity index (χ1n) is 5.78. The molecular formula is C13H21NO2. The zero-order chi connectivity index (χ0) is 11.9. The summed E-state index contributed by atoms with van der Waals surface area (Å²) < 4.78 is 5.45. The van der Waals surface area contributed by atoms with Gasteiger partial charge in [-0.05, 0) is 12.0 Å². The van der Waals surface area contributed by atoms with Gasteiger partial charge >= 0.3 is 0 Å². The lowest BCUT2D eigenvalue weighted by Crippen LogP contribution is -2.39. The fraction of sp³-hybridized carbons (Fsp3) is 0.538. The molecule has 0 heterocycles. The highest BCUT2D eigenvalue weighted by Crippen LogP contribution is 2.20. The lowest BCUT2D eigenvalue weighted by molar-refractivity contribution is -0.0449. The third kappa shape index (κ3) is 3.59. The second kappa shape index (κ2) is 6.63. The number of nitrogens with two attached hydrogens (primary N) is 1. The van der Waals surface area contributed by atoms with E-state index in [0.717, 1.165) is 18.4 Å². The molecule has 0 amide bonds. The third-order valence-electron chi connectivity index (χ3n) is 2.63. The Morgan fingerprint density at radius 3 is 2.56 bits per heavy atom. The zero-order valence-electron chi connectivity index (χ0n) is 9.86. The minimum Gasteiger partial charge on any atom is -0.381 e. The van der Waals surface area contributed by atoms with E-state index in [2.05, 4.69) is 6.92 Å². The van der Waals surface area contributed by atoms with Crippen molar-refractivity contribution in [1.29, 1.82) is 0 Å². The smallest absolute Gasteiger partial charge is 0.125 e. The molecule has 0 saturated carbocycles. The SMILES string of the molecule is CCCCOCC(O)(CN)c1ccccc1. The fourth-order valence-corrected chi connectivity index (χ4v) is 1.50. The van der Waals surface area contributed by atoms with Crippen LogP contribution in [0.25, 0.3) is 0 Å². The highest BCUT2D eigenvalue weighted by atomic mass is 16.5. The molecular weight excluding hydrogens is 202 g/mol. The van der Waals surface area contributed by atoms with Crippen LogP contribution in [0.2, 0.25) is 0 Å². The second-order valence-electron chi connectivity index (χ2n) is 4.01. The Morgan fingerprint density at radius 1 is 1.31 bits per heavy atom. The molecule has 0 aliphatic heterocycles. The summed E-state index contributed by atoms with van der Waals surface area (Å²) >= 11 is 0. The molecule has 90 valence electrons. The van der Waals surface area contributed by atoms with Crippen LogP contribution < -0.4 is 5.73 Å². The average Bonchev–Trinajstić information content (AvgIpc) is 2.35. The molecule has 1 aromatic carbocycles. The molecule has 0 saturated heterocycles. The monoisotopic (exact) mass is 223 g/mol. The van der Waals surface area contributed by atoms with Gasteiger partial charge in [-0.1, -0.05) is 43.7 Å². The van der Waals surface area contributed by atoms with E-state index in [1.807, 2.05) is 30.3 Å². The van der Waals surface area contributed by atoms with Gasteiger partial charge in [-0.3, -0.25) is 0 Å². The molecule has 0 aromatic heterocycles. The topological polar surface area (TPSA) is 55.5 Å². The standard InChI is InChI=1S/C13H21NO2/c1-2-3-9-16-11-13(15,10-14)12-7-5-4-6-8-12/h4-8,15H,2-3,9-11,14H2,1H3. The first-order valence-corrected chi connectivity index (χ1v) is 5.78. The van der Waals surface area contributed by atoms with Crippen LogP contribution in [-0.2, 0) is 10.3 Å². The van der Waals surface area contributed by atoms with Gasteiger partial charge in [0.25, 0.3) is 0 Å². The van der Waals surface area contributed by atoms with Gasteiger partial charge in [-0.25, -0.2) is 0 Å². The van der Waals surface area contributed by atoms with Gasteiger partial charge in [0.15, 0.2) is 0 Å². The van der Waals surface area contributed by atoms with Crippen LogP contribution in [0.5, 0.6) is 0 Å². The van der Waals surface area contributed by atoms with Crippen molar-refractivity contribution in [2.45, 2.75) is 25.4 Å². The van der Waals surface area contributed by atoms with Gasteiger partial charge in [0.2, 0.25) is 0 Å². The average molecular weight is 223 g/mol. The van der Waals surface area contributed by atoms with Gasteiger partial charge in [-0.2, -0.15) is 0 Å². The molecule has 3 nitrogen and oxygen atoms in total. The molecule has 0 fully saturated rings. The van der Waals surface area contributed by atoms with Gasteiger partial charge in [0, 0.05) is 13.2 Å². The predicted molar refractivity (Wildman–Crippen MR) is 65.1 cm³/mol. The summed E-state index contributed by atoms with van der Waals surface area (Å²) in [6, 6.07) is 9.44. The van der Waals surface area contributed by atoms with Crippen LogP contribution in [0.1, 0.15) is 25.3 Å². The molecule has 0 radical (unpaired) electrons. The van der Waals surface area contributed by atoms with Crippen molar-refractivity contribution in [2.75, 3.05) is 19.8 Å². The first-order chi connectivity index (χ1) is 7.73. The van der Waals surface area contributed by atoms with E-state index in [1.165, 1.54) is 0 Å². The van der Waals surface area contributed by atoms with E-state index in [1.54, 1.807) is 0 Å². The number of aliphatic hydroxyl groups is 1. The zero-order valence-corrected chi connectivity index (χ0v) is 9.86. The van der Waals surface area contributed by atoms with Crippen LogP contribution in [-0.4, -0.2) is 24.9 Å². The maximum absolute atomic E-state index is 10.3. The van der Waals surface area contributed by atoms with Crippen LogP contribution in [0.15, 0.2) is 30.3 Å². The van der Waals surface area contributed by atoms with Crippen molar-refractivity contribution in [3.63, 3.8) is 0 Å². The van der Waals surface area contributed by atoms with Crippen LogP contribution in [0, 0.1) is 0 Å². The van der Waals surface area contributed by atoms with Gasteiger partial charge < -0.3 is 15.6 Å². The van der Waals surface area contributed by atoms with Gasteiger partial charge in [0.1, 0.15) is 5.60 Å². The number of benzene rings is 1. The highest BCUT2D eigenvalue weighted by molar-refractivity contribution is 5.22. The summed E-state index contributed by atoms with van der Waals surface area (Å²) in [5.41, 5.74) is 5.38. The van der Waals surface area contributed by atoms with E-state index in [0.29, 0.717) is 6.61 Å². The number of ether oxygens (including phenoxy) is 1. The largest absolute Gasteiger partial charge is 0.381 e. The number of rotatable bonds is 7. The number of unbranched alkanes of at least 4 members (excludes halogenated alkanes) is 1. The lowest BCUT2D eigenvalue weighted by atomic mass is 9.95. The minimum atomic E-state index is -1.06. The maximum Gasteiger partial charge on any atom is 0.125 e. The summed E-state index contributed by atoms with van der Waals surface area (Å²) in [5.74, 6) is 0. The van der Waals surface area contributed by atoms with Crippen LogP contribution >= 0.6 is 0 Å². The summed E-state index contributed by atoms with van der Waals surface area (Å²) in [6.45, 7) is 3.21. The van der Waals surface area contributed by atoms with E-state index >= 15 is 0 Å². The molecule has 0 aliphatic carbocycles. The highest BCUT2D eigenvalue weighted by Gasteiger charge is 2.27. The quantitative estimate of drug-likeness (QED) is 0.691. The van der Waals surface area contributed by atoms with Crippen molar-refractivity contribution < 1.29 is 9.84 Å². The Labute approximate surface area is 97.2 Å². The summed E-state index contributed by atoms with van der Waals surface area (Å²) in [4.78, 5) is 0. The number of hydrogen-bond acceptors (Lipinski definition) is 3. The minimum absolute atomic E-state index is 0.170. The van der Waals surface area contributed by atoms with E-state index in [4.69, 9.17) is 10.5 Å². The molecule has 3 heteroatoms. The summed E-state index contributed by atoms with van der Waals surface area (Å²) in [5, 5.41) is 10.3. The van der Waals surface area contributed by atoms with Crippen molar-refractivity contribution in [3.8, 4) is 0 Å². The molecule has 1 atom stereocenters. The molecule has 1 rings (SSSR count). The van der Waals surface area contributed by atoms with Crippen molar-refractivity contribution in [1.82, 2.24) is 0 Å². The summed E-state index contributed by atoms with van der Waals surface area (Å²) in [7, 11) is 0. The van der Waals surface area contributed by atoms with Gasteiger partial charge in [-0.15, -0.1) is 0 Å². The van der Waals surface area contributed by atoms with E-state index in [-0.39, 0.29) is 13.2 Å². The lowest BCUT2D eigenvalue weighted by Gasteiger charge is -2.26. The first kappa shape index (κ1) is 13.2. The second-order valence-corrected chi connectivity index (χ2v) is 4.01. The predicted octanol–water partition coefficient (Wildman–Crippen LogP) is 1.65. The van der Waals surface area contributed by atoms with Crippen LogP contribution in [0.4, 0.5) is 0 Å². The Balaban J connectivity index is 2.56. The molecule has 16 heavy (non-hydrogen) atoms. The normalized spacial score (nSPS) is 14.7. The number of hydrogen-bond donors (Lipinski definition) is 2. The molecule has 3 N–H and O–H groups in total. The van der Waals surface area contributed by atoms with Crippen molar-refractivity contribution >= 4 is 0 Å². The Bertz CT molecular complexity index is 289. The van der Waals surface area contributed by atoms with Crippen LogP contribution in [0.3, 0.4) is 0 Å². The van der Waals surface area contributed by atoms with E-state index in [9.17, 15) is 5.11 Å². The maximum atomic E-state index is 10.3. The van der Waals surface area contributed by atoms with Gasteiger partial charge in [0.05, 0.1) is 6.61 Å². The summed E-state index contributed by atoms with van der Waals surface area (Å²) in [6.07, 6.45) is 2.10. The fourth-order valence-electron chi connectivity index (χ4n) is 1.50.